The molecule has 1 amide bonds. The first kappa shape index (κ1) is 20.9. The molecular formula is C22H29N5O2S. The number of pyridine rings is 1. The zero-order valence-electron chi connectivity index (χ0n) is 17.6. The Kier molecular flexibility index (Phi) is 6.43. The lowest BCUT2D eigenvalue weighted by Crippen LogP contribution is -2.47. The zero-order valence-corrected chi connectivity index (χ0v) is 18.5. The number of aryl methyl sites for hydroxylation is 1. The van der Waals surface area contributed by atoms with E-state index in [0.29, 0.717) is 18.5 Å². The third-order valence-electron chi connectivity index (χ3n) is 5.72. The first-order valence-corrected chi connectivity index (χ1v) is 11.6. The van der Waals surface area contributed by atoms with E-state index in [1.54, 1.807) is 14.0 Å². The zero-order chi connectivity index (χ0) is 21.1. The fraction of sp³-hybridized carbons (Fsp3) is 0.500. The van der Waals surface area contributed by atoms with E-state index in [-0.39, 0.29) is 5.91 Å². The first-order chi connectivity index (χ1) is 14.6. The minimum atomic E-state index is 0.180. The van der Waals surface area contributed by atoms with E-state index >= 15 is 0 Å². The van der Waals surface area contributed by atoms with Crippen LogP contribution in [0.15, 0.2) is 24.3 Å². The van der Waals surface area contributed by atoms with Crippen molar-refractivity contribution >= 4 is 45.4 Å². The van der Waals surface area contributed by atoms with Crippen LogP contribution in [0.2, 0.25) is 0 Å². The van der Waals surface area contributed by atoms with Gasteiger partial charge >= 0.3 is 0 Å². The molecule has 0 aliphatic carbocycles. The molecule has 2 aromatic heterocycles. The van der Waals surface area contributed by atoms with Gasteiger partial charge in [0.15, 0.2) is 5.82 Å². The summed E-state index contributed by atoms with van der Waals surface area (Å²) in [5.74, 6) is 3.73. The maximum Gasteiger partial charge on any atom is 0.219 e. The molecule has 0 spiro atoms. The van der Waals surface area contributed by atoms with Gasteiger partial charge in [-0.25, -0.2) is 9.97 Å². The topological polar surface area (TPSA) is 86.3 Å². The number of unbranched alkanes of at least 4 members (excludes halogenated alkanes) is 1. The largest absolute Gasteiger partial charge is 0.384 e. The number of hydrogen-bond acceptors (Lipinski definition) is 6. The number of amides is 1. The number of carbonyl (C=O) groups excluding carboxylic acids is 1. The van der Waals surface area contributed by atoms with E-state index in [1.807, 2.05) is 34.9 Å². The number of thioether (sulfide) groups is 1. The van der Waals surface area contributed by atoms with Crippen LogP contribution in [-0.4, -0.2) is 63.2 Å². The quantitative estimate of drug-likeness (QED) is 0.528. The minimum Gasteiger partial charge on any atom is -0.384 e. The molecule has 0 unspecified atom stereocenters. The van der Waals surface area contributed by atoms with Gasteiger partial charge in [0.2, 0.25) is 5.91 Å². The van der Waals surface area contributed by atoms with Crippen molar-refractivity contribution in [3.8, 4) is 0 Å². The fourth-order valence-corrected chi connectivity index (χ4v) is 4.89. The third-order valence-corrected chi connectivity index (χ3v) is 6.96. The lowest BCUT2D eigenvalue weighted by molar-refractivity contribution is -0.130. The number of rotatable bonds is 9. The van der Waals surface area contributed by atoms with Crippen LogP contribution in [0.4, 0.5) is 5.82 Å². The molecule has 1 aliphatic heterocycles. The van der Waals surface area contributed by atoms with Gasteiger partial charge in [-0.1, -0.05) is 18.2 Å². The van der Waals surface area contributed by atoms with Crippen molar-refractivity contribution < 1.29 is 9.53 Å². The maximum atomic E-state index is 12.0. The smallest absolute Gasteiger partial charge is 0.219 e. The number of para-hydroxylation sites is 1. The van der Waals surface area contributed by atoms with Gasteiger partial charge in [0.25, 0.3) is 0 Å². The van der Waals surface area contributed by atoms with Crippen molar-refractivity contribution in [3.05, 3.63) is 30.1 Å². The van der Waals surface area contributed by atoms with Crippen LogP contribution in [0.5, 0.6) is 0 Å². The number of nitrogen functional groups attached to an aromatic ring is 1. The number of hydrogen-bond donors (Lipinski definition) is 1. The van der Waals surface area contributed by atoms with Crippen LogP contribution in [0.3, 0.4) is 0 Å². The molecule has 0 saturated carbocycles. The summed E-state index contributed by atoms with van der Waals surface area (Å²) in [4.78, 5) is 23.4. The molecule has 1 aliphatic rings. The van der Waals surface area contributed by atoms with E-state index in [9.17, 15) is 4.79 Å². The molecule has 3 heterocycles. The Balaban J connectivity index is 1.58. The molecule has 0 atom stereocenters. The number of imidazole rings is 1. The summed E-state index contributed by atoms with van der Waals surface area (Å²) in [5, 5.41) is 1.06. The Morgan fingerprint density at radius 1 is 1.30 bits per heavy atom. The standard InChI is InChI=1S/C22H29N5O2S/c1-15(28)26(16-13-30-14-16)10-5-6-11-27-19(9-12-29-2)25-20-21(27)17-7-3-4-8-18(17)24-22(20)23/h3-4,7-8,16H,5-6,9-14H2,1-2H3,(H2,23,24). The second-order valence-corrected chi connectivity index (χ2v) is 8.82. The fourth-order valence-electron chi connectivity index (χ4n) is 4.08. The predicted octanol–water partition coefficient (Wildman–Crippen LogP) is 3.10. The van der Waals surface area contributed by atoms with Crippen LogP contribution >= 0.6 is 11.8 Å². The van der Waals surface area contributed by atoms with Crippen molar-refractivity contribution in [3.63, 3.8) is 0 Å². The van der Waals surface area contributed by atoms with Gasteiger partial charge in [-0.05, 0) is 18.9 Å². The van der Waals surface area contributed by atoms with E-state index in [1.165, 1.54) is 0 Å². The van der Waals surface area contributed by atoms with Gasteiger partial charge in [-0.15, -0.1) is 0 Å². The molecule has 7 nitrogen and oxygen atoms in total. The summed E-state index contributed by atoms with van der Waals surface area (Å²) in [6.07, 6.45) is 2.64. The molecule has 1 saturated heterocycles. The summed E-state index contributed by atoms with van der Waals surface area (Å²) < 4.78 is 7.57. The molecular weight excluding hydrogens is 398 g/mol. The summed E-state index contributed by atoms with van der Waals surface area (Å²) in [5.41, 5.74) is 8.94. The number of fused-ring (bicyclic) bond motifs is 3. The molecule has 0 bridgehead atoms. The van der Waals surface area contributed by atoms with Crippen LogP contribution < -0.4 is 5.73 Å². The van der Waals surface area contributed by atoms with Crippen molar-refractivity contribution in [1.82, 2.24) is 19.4 Å². The van der Waals surface area contributed by atoms with Gasteiger partial charge in [-0.2, -0.15) is 11.8 Å². The number of aromatic nitrogens is 3. The maximum absolute atomic E-state index is 12.0. The predicted molar refractivity (Wildman–Crippen MR) is 123 cm³/mol. The minimum absolute atomic E-state index is 0.180. The SMILES string of the molecule is COCCc1nc2c(N)nc3ccccc3c2n1CCCCN(C(C)=O)C1CSC1. The van der Waals surface area contributed by atoms with Crippen LogP contribution in [0.25, 0.3) is 21.9 Å². The highest BCUT2D eigenvalue weighted by molar-refractivity contribution is 8.00. The monoisotopic (exact) mass is 427 g/mol. The molecule has 1 fully saturated rings. The van der Waals surface area contributed by atoms with Gasteiger partial charge in [-0.3, -0.25) is 4.79 Å². The van der Waals surface area contributed by atoms with Crippen molar-refractivity contribution in [2.24, 2.45) is 0 Å². The van der Waals surface area contributed by atoms with E-state index in [4.69, 9.17) is 15.5 Å². The number of benzene rings is 1. The molecule has 8 heteroatoms. The van der Waals surface area contributed by atoms with Crippen LogP contribution in [-0.2, 0) is 22.5 Å². The Labute approximate surface area is 181 Å². The number of anilines is 1. The lowest BCUT2D eigenvalue weighted by Gasteiger charge is -2.36. The van der Waals surface area contributed by atoms with E-state index in [2.05, 4.69) is 15.6 Å². The molecule has 2 N–H and O–H groups in total. The second kappa shape index (κ2) is 9.22. The van der Waals surface area contributed by atoms with Crippen LogP contribution in [0.1, 0.15) is 25.6 Å². The molecule has 0 radical (unpaired) electrons. The average Bonchev–Trinajstić information content (AvgIpc) is 3.06. The van der Waals surface area contributed by atoms with Gasteiger partial charge in [0, 0.05) is 56.5 Å². The Hall–Kier alpha value is -2.32. The molecule has 30 heavy (non-hydrogen) atoms. The Morgan fingerprint density at radius 2 is 2.10 bits per heavy atom. The summed E-state index contributed by atoms with van der Waals surface area (Å²) in [6.45, 7) is 3.92. The van der Waals surface area contributed by atoms with E-state index < -0.39 is 0 Å². The second-order valence-electron chi connectivity index (χ2n) is 7.74. The van der Waals surface area contributed by atoms with Gasteiger partial charge < -0.3 is 19.9 Å². The van der Waals surface area contributed by atoms with Crippen molar-refractivity contribution in [2.75, 3.05) is 37.5 Å². The first-order valence-electron chi connectivity index (χ1n) is 10.5. The van der Waals surface area contributed by atoms with Crippen molar-refractivity contribution in [2.45, 2.75) is 38.8 Å². The summed E-state index contributed by atoms with van der Waals surface area (Å²) >= 11 is 1.91. The Bertz CT molecular complexity index is 1050. The number of ether oxygens (including phenoxy) is 1. The van der Waals surface area contributed by atoms with Gasteiger partial charge in [0.1, 0.15) is 11.3 Å². The summed E-state index contributed by atoms with van der Waals surface area (Å²) in [6, 6.07) is 8.47. The molecule has 1 aromatic carbocycles. The number of methoxy groups -OCH3 is 1. The van der Waals surface area contributed by atoms with Crippen LogP contribution in [0, 0.1) is 0 Å². The molecule has 4 rings (SSSR count). The number of carbonyl (C=O) groups is 1. The molecule has 160 valence electrons. The molecule has 3 aromatic rings. The number of nitrogens with zero attached hydrogens (tertiary/aromatic N) is 4. The Morgan fingerprint density at radius 3 is 2.80 bits per heavy atom. The highest BCUT2D eigenvalue weighted by atomic mass is 32.2. The number of nitrogens with two attached hydrogens (primary N) is 1. The summed E-state index contributed by atoms with van der Waals surface area (Å²) in [7, 11) is 1.70. The van der Waals surface area contributed by atoms with Gasteiger partial charge in [0.05, 0.1) is 17.6 Å². The van der Waals surface area contributed by atoms with E-state index in [0.717, 1.165) is 71.6 Å². The highest BCUT2D eigenvalue weighted by Crippen LogP contribution is 2.29. The third kappa shape index (κ3) is 4.11. The normalized spacial score (nSPS) is 14.3. The average molecular weight is 428 g/mol. The highest BCUT2D eigenvalue weighted by Gasteiger charge is 2.27. The van der Waals surface area contributed by atoms with Crippen molar-refractivity contribution in [1.29, 1.82) is 0 Å². The lowest BCUT2D eigenvalue weighted by atomic mass is 10.1.